The van der Waals surface area contributed by atoms with Crippen molar-refractivity contribution in [2.45, 2.75) is 26.4 Å². The average molecular weight is 343 g/mol. The number of nitrogens with zero attached hydrogens (tertiary/aromatic N) is 1. The minimum Gasteiger partial charge on any atom is -0.443 e. The van der Waals surface area contributed by atoms with Crippen LogP contribution in [0, 0.1) is 3.57 Å². The predicted octanol–water partition coefficient (Wildman–Crippen LogP) is 4.03. The van der Waals surface area contributed by atoms with Gasteiger partial charge in [0.25, 0.3) is 0 Å². The molecule has 0 unspecified atom stereocenters. The van der Waals surface area contributed by atoms with Crippen molar-refractivity contribution < 1.29 is 9.53 Å². The fraction of sp³-hybridized carbons (Fsp3) is 0.308. The van der Waals surface area contributed by atoms with Crippen molar-refractivity contribution in [2.24, 2.45) is 0 Å². The molecule has 1 heterocycles. The largest absolute Gasteiger partial charge is 0.443 e. The van der Waals surface area contributed by atoms with Gasteiger partial charge >= 0.3 is 6.09 Å². The van der Waals surface area contributed by atoms with E-state index in [-0.39, 0.29) is 6.09 Å². The standard InChI is InChI=1S/C13H14INO2/c1-13(2,3)17-12(16)15-7-6-9-4-5-10(14)8-11(9)15/h4-8H,1-3H3. The van der Waals surface area contributed by atoms with Crippen LogP contribution in [0.15, 0.2) is 30.5 Å². The SMILES string of the molecule is CC(C)(C)OC(=O)n1ccc2ccc(I)cc21. The van der Waals surface area contributed by atoms with Crippen LogP contribution in [0.5, 0.6) is 0 Å². The maximum absolute atomic E-state index is 12.0. The van der Waals surface area contributed by atoms with Crippen LogP contribution in [0.1, 0.15) is 20.8 Å². The quantitative estimate of drug-likeness (QED) is 0.677. The third-order valence-electron chi connectivity index (χ3n) is 2.25. The van der Waals surface area contributed by atoms with E-state index in [0.717, 1.165) is 14.5 Å². The van der Waals surface area contributed by atoms with Gasteiger partial charge in [0.1, 0.15) is 5.60 Å². The molecule has 1 aromatic carbocycles. The van der Waals surface area contributed by atoms with Crippen molar-refractivity contribution in [1.29, 1.82) is 0 Å². The lowest BCUT2D eigenvalue weighted by atomic mass is 10.2. The van der Waals surface area contributed by atoms with Gasteiger partial charge < -0.3 is 4.74 Å². The summed E-state index contributed by atoms with van der Waals surface area (Å²) in [5.41, 5.74) is 0.404. The Balaban J connectivity index is 2.42. The van der Waals surface area contributed by atoms with E-state index in [1.165, 1.54) is 0 Å². The second-order valence-electron chi connectivity index (χ2n) is 4.87. The third-order valence-corrected chi connectivity index (χ3v) is 2.92. The topological polar surface area (TPSA) is 31.2 Å². The lowest BCUT2D eigenvalue weighted by Crippen LogP contribution is -2.26. The van der Waals surface area contributed by atoms with Crippen molar-refractivity contribution in [3.63, 3.8) is 0 Å². The van der Waals surface area contributed by atoms with Crippen molar-refractivity contribution >= 4 is 39.6 Å². The van der Waals surface area contributed by atoms with Gasteiger partial charge in [0.2, 0.25) is 0 Å². The van der Waals surface area contributed by atoms with Crippen LogP contribution < -0.4 is 0 Å². The predicted molar refractivity (Wildman–Crippen MR) is 76.3 cm³/mol. The van der Waals surface area contributed by atoms with Crippen LogP contribution in [0.25, 0.3) is 10.9 Å². The van der Waals surface area contributed by atoms with Gasteiger partial charge in [-0.1, -0.05) is 6.07 Å². The molecule has 3 nitrogen and oxygen atoms in total. The van der Waals surface area contributed by atoms with Gasteiger partial charge in [0, 0.05) is 15.2 Å². The number of aromatic nitrogens is 1. The molecule has 2 rings (SSSR count). The first-order valence-corrected chi connectivity index (χ1v) is 6.45. The molecule has 17 heavy (non-hydrogen) atoms. The number of fused-ring (bicyclic) bond motifs is 1. The van der Waals surface area contributed by atoms with Crippen LogP contribution in [0.4, 0.5) is 4.79 Å². The van der Waals surface area contributed by atoms with Crippen LogP contribution in [-0.2, 0) is 4.74 Å². The Hall–Kier alpha value is -1.04. The summed E-state index contributed by atoms with van der Waals surface area (Å²) in [4.78, 5) is 12.0. The molecular weight excluding hydrogens is 329 g/mol. The van der Waals surface area contributed by atoms with Gasteiger partial charge in [-0.3, -0.25) is 4.57 Å². The Morgan fingerprint density at radius 1 is 1.29 bits per heavy atom. The summed E-state index contributed by atoms with van der Waals surface area (Å²) in [5.74, 6) is 0. The van der Waals surface area contributed by atoms with Gasteiger partial charge in [0.05, 0.1) is 5.52 Å². The molecule has 0 saturated heterocycles. The average Bonchev–Trinajstić information content (AvgIpc) is 2.57. The summed E-state index contributed by atoms with van der Waals surface area (Å²) in [6, 6.07) is 7.90. The Bertz CT molecular complexity index is 566. The lowest BCUT2D eigenvalue weighted by Gasteiger charge is -2.19. The van der Waals surface area contributed by atoms with E-state index in [1.807, 2.05) is 45.0 Å². The summed E-state index contributed by atoms with van der Waals surface area (Å²) in [6.07, 6.45) is 1.41. The molecule has 2 aromatic rings. The number of halogens is 1. The highest BCUT2D eigenvalue weighted by atomic mass is 127. The molecule has 0 spiro atoms. The maximum atomic E-state index is 12.0. The minimum absolute atomic E-state index is 0.338. The molecule has 1 aromatic heterocycles. The summed E-state index contributed by atoms with van der Waals surface area (Å²) < 4.78 is 7.99. The Labute approximate surface area is 114 Å². The normalized spacial score (nSPS) is 11.8. The molecule has 0 N–H and O–H groups in total. The van der Waals surface area contributed by atoms with Crippen molar-refractivity contribution in [1.82, 2.24) is 4.57 Å². The highest BCUT2D eigenvalue weighted by Gasteiger charge is 2.18. The van der Waals surface area contributed by atoms with Crippen LogP contribution in [-0.4, -0.2) is 16.3 Å². The molecule has 0 atom stereocenters. The smallest absolute Gasteiger partial charge is 0.418 e. The zero-order chi connectivity index (χ0) is 12.6. The molecule has 0 radical (unpaired) electrons. The van der Waals surface area contributed by atoms with Gasteiger partial charge in [-0.25, -0.2) is 4.79 Å². The zero-order valence-corrected chi connectivity index (χ0v) is 12.2. The Morgan fingerprint density at radius 3 is 2.65 bits per heavy atom. The monoisotopic (exact) mass is 343 g/mol. The number of carbonyl (C=O) groups is 1. The zero-order valence-electron chi connectivity index (χ0n) is 10.0. The molecule has 0 aliphatic rings. The first-order chi connectivity index (χ1) is 7.87. The van der Waals surface area contributed by atoms with Crippen LogP contribution >= 0.6 is 22.6 Å². The second kappa shape index (κ2) is 4.33. The summed E-state index contributed by atoms with van der Waals surface area (Å²) in [6.45, 7) is 5.58. The van der Waals surface area contributed by atoms with E-state index in [2.05, 4.69) is 22.6 Å². The van der Waals surface area contributed by atoms with E-state index in [1.54, 1.807) is 10.8 Å². The fourth-order valence-electron chi connectivity index (χ4n) is 1.57. The highest BCUT2D eigenvalue weighted by molar-refractivity contribution is 14.1. The van der Waals surface area contributed by atoms with Crippen LogP contribution in [0.2, 0.25) is 0 Å². The number of rotatable bonds is 0. The number of carbonyl (C=O) groups excluding carboxylic acids is 1. The molecule has 0 saturated carbocycles. The van der Waals surface area contributed by atoms with E-state index in [0.29, 0.717) is 0 Å². The summed E-state index contributed by atoms with van der Waals surface area (Å²) in [7, 11) is 0. The Kier molecular flexibility index (Phi) is 3.16. The van der Waals surface area contributed by atoms with E-state index < -0.39 is 5.60 Å². The van der Waals surface area contributed by atoms with Crippen LogP contribution in [0.3, 0.4) is 0 Å². The van der Waals surface area contributed by atoms with Crippen molar-refractivity contribution in [2.75, 3.05) is 0 Å². The van der Waals surface area contributed by atoms with E-state index in [9.17, 15) is 4.79 Å². The second-order valence-corrected chi connectivity index (χ2v) is 6.11. The lowest BCUT2D eigenvalue weighted by molar-refractivity contribution is 0.0544. The molecule has 0 amide bonds. The van der Waals surface area contributed by atoms with Gasteiger partial charge in [-0.15, -0.1) is 0 Å². The van der Waals surface area contributed by atoms with Crippen molar-refractivity contribution in [3.8, 4) is 0 Å². The maximum Gasteiger partial charge on any atom is 0.418 e. The molecule has 0 aliphatic heterocycles. The molecule has 90 valence electrons. The highest BCUT2D eigenvalue weighted by Crippen LogP contribution is 2.20. The number of hydrogen-bond donors (Lipinski definition) is 0. The third kappa shape index (κ3) is 2.80. The molecule has 0 bridgehead atoms. The minimum atomic E-state index is -0.477. The van der Waals surface area contributed by atoms with Crippen molar-refractivity contribution in [3.05, 3.63) is 34.0 Å². The molecular formula is C13H14INO2. The summed E-state index contributed by atoms with van der Waals surface area (Å²) >= 11 is 2.23. The van der Waals surface area contributed by atoms with Gasteiger partial charge in [-0.2, -0.15) is 0 Å². The molecule has 4 heteroatoms. The first kappa shape index (κ1) is 12.4. The van der Waals surface area contributed by atoms with Gasteiger partial charge in [-0.05, 0) is 61.6 Å². The van der Waals surface area contributed by atoms with Gasteiger partial charge in [0.15, 0.2) is 0 Å². The Morgan fingerprint density at radius 2 is 2.00 bits per heavy atom. The number of benzene rings is 1. The van der Waals surface area contributed by atoms with E-state index in [4.69, 9.17) is 4.74 Å². The fourth-order valence-corrected chi connectivity index (χ4v) is 2.05. The molecule has 0 aliphatic carbocycles. The summed E-state index contributed by atoms with van der Waals surface area (Å²) in [5, 5.41) is 1.04. The molecule has 0 fully saturated rings. The van der Waals surface area contributed by atoms with E-state index >= 15 is 0 Å². The number of hydrogen-bond acceptors (Lipinski definition) is 2. The first-order valence-electron chi connectivity index (χ1n) is 5.37. The number of ether oxygens (including phenoxy) is 1.